The first-order chi connectivity index (χ1) is 6.11. The molecule has 1 saturated carbocycles. The van der Waals surface area contributed by atoms with Gasteiger partial charge in [0.2, 0.25) is 0 Å². The summed E-state index contributed by atoms with van der Waals surface area (Å²) in [4.78, 5) is 10.9. The summed E-state index contributed by atoms with van der Waals surface area (Å²) in [6, 6.07) is 0. The zero-order valence-corrected chi connectivity index (χ0v) is 7.70. The first-order valence-electron chi connectivity index (χ1n) is 4.74. The van der Waals surface area contributed by atoms with E-state index in [0.29, 0.717) is 0 Å². The molecule has 4 N–H and O–H groups in total. The fourth-order valence-electron chi connectivity index (χ4n) is 1.99. The highest BCUT2D eigenvalue weighted by Gasteiger charge is 2.41. The van der Waals surface area contributed by atoms with Crippen molar-refractivity contribution in [3.63, 3.8) is 0 Å². The van der Waals surface area contributed by atoms with Crippen molar-refractivity contribution in [3.05, 3.63) is 0 Å². The molecule has 0 heterocycles. The summed E-state index contributed by atoms with van der Waals surface area (Å²) >= 11 is 0. The van der Waals surface area contributed by atoms with E-state index >= 15 is 0 Å². The van der Waals surface area contributed by atoms with Crippen LogP contribution in [0.4, 0.5) is 0 Å². The predicted molar refractivity (Wildman–Crippen MR) is 48.2 cm³/mol. The van der Waals surface area contributed by atoms with Crippen LogP contribution >= 0.6 is 0 Å². The van der Waals surface area contributed by atoms with Crippen molar-refractivity contribution < 1.29 is 15.0 Å². The van der Waals surface area contributed by atoms with Crippen LogP contribution in [0.15, 0.2) is 0 Å². The van der Waals surface area contributed by atoms with Crippen LogP contribution in [0.1, 0.15) is 32.1 Å². The molecule has 1 rings (SSSR count). The third-order valence-electron chi connectivity index (χ3n) is 2.99. The molecule has 1 fully saturated rings. The Kier molecular flexibility index (Phi) is 3.27. The molecule has 1 atom stereocenters. The van der Waals surface area contributed by atoms with Gasteiger partial charge in [0, 0.05) is 0 Å². The van der Waals surface area contributed by atoms with Gasteiger partial charge in [-0.1, -0.05) is 19.3 Å². The number of aliphatic carboxylic acids is 1. The Balaban J connectivity index is 2.68. The van der Waals surface area contributed by atoms with E-state index in [2.05, 4.69) is 0 Å². The number of nitrogens with two attached hydrogens (primary N) is 1. The second-order valence-corrected chi connectivity index (χ2v) is 3.84. The van der Waals surface area contributed by atoms with Gasteiger partial charge in [-0.05, 0) is 18.8 Å². The summed E-state index contributed by atoms with van der Waals surface area (Å²) in [5.41, 5.74) is 4.25. The lowest BCUT2D eigenvalue weighted by Gasteiger charge is -2.34. The van der Waals surface area contributed by atoms with Gasteiger partial charge in [-0.2, -0.15) is 0 Å². The number of rotatable bonds is 3. The van der Waals surface area contributed by atoms with Crippen LogP contribution in [0.3, 0.4) is 0 Å². The lowest BCUT2D eigenvalue weighted by Crippen LogP contribution is -2.57. The Morgan fingerprint density at radius 2 is 1.92 bits per heavy atom. The molecule has 1 aliphatic rings. The molecular weight excluding hydrogens is 170 g/mol. The highest BCUT2D eigenvalue weighted by Crippen LogP contribution is 2.31. The fraction of sp³-hybridized carbons (Fsp3) is 0.889. The first-order valence-corrected chi connectivity index (χ1v) is 4.74. The van der Waals surface area contributed by atoms with Gasteiger partial charge < -0.3 is 15.9 Å². The maximum absolute atomic E-state index is 10.9. The summed E-state index contributed by atoms with van der Waals surface area (Å²) in [7, 11) is 0. The van der Waals surface area contributed by atoms with E-state index in [1.165, 1.54) is 0 Å². The number of hydrogen-bond acceptors (Lipinski definition) is 3. The Morgan fingerprint density at radius 3 is 2.31 bits per heavy atom. The molecular formula is C9H17NO3. The van der Waals surface area contributed by atoms with Gasteiger partial charge in [0.05, 0.1) is 6.61 Å². The summed E-state index contributed by atoms with van der Waals surface area (Å²) in [5.74, 6) is -1.15. The van der Waals surface area contributed by atoms with Crippen LogP contribution in [0.25, 0.3) is 0 Å². The average molecular weight is 187 g/mol. The molecule has 0 saturated heterocycles. The first kappa shape index (κ1) is 10.5. The van der Waals surface area contributed by atoms with Gasteiger partial charge in [0.15, 0.2) is 0 Å². The van der Waals surface area contributed by atoms with Crippen molar-refractivity contribution >= 4 is 5.97 Å². The van der Waals surface area contributed by atoms with E-state index in [1.807, 2.05) is 0 Å². The molecule has 0 bridgehead atoms. The molecule has 76 valence electrons. The SMILES string of the molecule is N[C@](CO)(C(=O)O)C1CCCCC1. The van der Waals surface area contributed by atoms with E-state index in [-0.39, 0.29) is 5.92 Å². The number of carboxylic acids is 1. The minimum absolute atomic E-state index is 0.0660. The molecule has 4 heteroatoms. The maximum Gasteiger partial charge on any atom is 0.326 e. The fourth-order valence-corrected chi connectivity index (χ4v) is 1.99. The molecule has 13 heavy (non-hydrogen) atoms. The topological polar surface area (TPSA) is 83.5 Å². The average Bonchev–Trinajstić information content (AvgIpc) is 2.17. The van der Waals surface area contributed by atoms with Crippen molar-refractivity contribution in [2.45, 2.75) is 37.6 Å². The largest absolute Gasteiger partial charge is 0.480 e. The van der Waals surface area contributed by atoms with Gasteiger partial charge >= 0.3 is 5.97 Å². The van der Waals surface area contributed by atoms with E-state index < -0.39 is 18.1 Å². The maximum atomic E-state index is 10.9. The third-order valence-corrected chi connectivity index (χ3v) is 2.99. The van der Waals surface area contributed by atoms with Crippen molar-refractivity contribution in [1.82, 2.24) is 0 Å². The molecule has 0 spiro atoms. The number of aliphatic hydroxyl groups is 1. The van der Waals surface area contributed by atoms with Crippen LogP contribution < -0.4 is 5.73 Å². The van der Waals surface area contributed by atoms with Gasteiger partial charge in [-0.25, -0.2) is 0 Å². The van der Waals surface area contributed by atoms with E-state index in [1.54, 1.807) is 0 Å². The molecule has 1 aliphatic carbocycles. The highest BCUT2D eigenvalue weighted by atomic mass is 16.4. The minimum atomic E-state index is -1.42. The zero-order chi connectivity index (χ0) is 9.90. The Morgan fingerprint density at radius 1 is 1.38 bits per heavy atom. The summed E-state index contributed by atoms with van der Waals surface area (Å²) < 4.78 is 0. The van der Waals surface area contributed by atoms with E-state index in [0.717, 1.165) is 32.1 Å². The third kappa shape index (κ3) is 2.00. The van der Waals surface area contributed by atoms with Crippen molar-refractivity contribution in [2.75, 3.05) is 6.61 Å². The predicted octanol–water partition coefficient (Wildman–Crippen LogP) is 0.341. The molecule has 4 nitrogen and oxygen atoms in total. The highest BCUT2D eigenvalue weighted by molar-refractivity contribution is 5.79. The van der Waals surface area contributed by atoms with Gasteiger partial charge in [0.1, 0.15) is 5.54 Å². The summed E-state index contributed by atoms with van der Waals surface area (Å²) in [6.07, 6.45) is 4.85. The molecule has 0 radical (unpaired) electrons. The molecule has 0 aromatic rings. The lowest BCUT2D eigenvalue weighted by atomic mass is 9.75. The van der Waals surface area contributed by atoms with Crippen LogP contribution in [-0.4, -0.2) is 28.3 Å². The monoisotopic (exact) mass is 187 g/mol. The van der Waals surface area contributed by atoms with Crippen molar-refractivity contribution in [3.8, 4) is 0 Å². The van der Waals surface area contributed by atoms with Gasteiger partial charge in [-0.3, -0.25) is 4.79 Å². The molecule has 0 aromatic heterocycles. The standard InChI is InChI=1S/C9H17NO3/c10-9(6-11,8(12)13)7-4-2-1-3-5-7/h7,11H,1-6,10H2,(H,12,13)/t9-/m0/s1. The lowest BCUT2D eigenvalue weighted by molar-refractivity contribution is -0.148. The zero-order valence-electron chi connectivity index (χ0n) is 7.70. The van der Waals surface area contributed by atoms with Crippen molar-refractivity contribution in [2.24, 2.45) is 11.7 Å². The quantitative estimate of drug-likeness (QED) is 0.595. The van der Waals surface area contributed by atoms with E-state index in [4.69, 9.17) is 15.9 Å². The minimum Gasteiger partial charge on any atom is -0.480 e. The van der Waals surface area contributed by atoms with E-state index in [9.17, 15) is 4.79 Å². The number of hydrogen-bond donors (Lipinski definition) is 3. The van der Waals surface area contributed by atoms with Crippen LogP contribution in [0.5, 0.6) is 0 Å². The smallest absolute Gasteiger partial charge is 0.326 e. The molecule has 0 amide bonds. The molecule has 0 aliphatic heterocycles. The number of aliphatic hydroxyl groups excluding tert-OH is 1. The van der Waals surface area contributed by atoms with Crippen LogP contribution in [0.2, 0.25) is 0 Å². The molecule has 0 aromatic carbocycles. The summed E-state index contributed by atoms with van der Waals surface area (Å²) in [6.45, 7) is -0.465. The second kappa shape index (κ2) is 4.07. The number of carboxylic acid groups (broad SMARTS) is 1. The number of carbonyl (C=O) groups is 1. The Labute approximate surface area is 77.7 Å². The Bertz CT molecular complexity index is 189. The van der Waals surface area contributed by atoms with Crippen LogP contribution in [0, 0.1) is 5.92 Å². The molecule has 0 unspecified atom stereocenters. The second-order valence-electron chi connectivity index (χ2n) is 3.84. The van der Waals surface area contributed by atoms with Gasteiger partial charge in [0.25, 0.3) is 0 Å². The Hall–Kier alpha value is -0.610. The normalized spacial score (nSPS) is 23.8. The summed E-state index contributed by atoms with van der Waals surface area (Å²) in [5, 5.41) is 17.9. The van der Waals surface area contributed by atoms with Crippen molar-refractivity contribution in [1.29, 1.82) is 0 Å². The van der Waals surface area contributed by atoms with Gasteiger partial charge in [-0.15, -0.1) is 0 Å². The van der Waals surface area contributed by atoms with Crippen LogP contribution in [-0.2, 0) is 4.79 Å².